The molecule has 2 heterocycles. The molecule has 2 unspecified atom stereocenters. The van der Waals surface area contributed by atoms with Crippen molar-refractivity contribution in [1.29, 1.82) is 0 Å². The van der Waals surface area contributed by atoms with Gasteiger partial charge in [0.05, 0.1) is 6.20 Å². The summed E-state index contributed by atoms with van der Waals surface area (Å²) in [7, 11) is 0. The smallest absolute Gasteiger partial charge is 0.265 e. The Morgan fingerprint density at radius 1 is 1.43 bits per heavy atom. The van der Waals surface area contributed by atoms with Crippen LogP contribution in [0.15, 0.2) is 30.5 Å². The van der Waals surface area contributed by atoms with Crippen LogP contribution in [0.2, 0.25) is 0 Å². The zero-order valence-electron chi connectivity index (χ0n) is 12.9. The molecule has 1 N–H and O–H groups in total. The van der Waals surface area contributed by atoms with E-state index >= 15 is 0 Å². The van der Waals surface area contributed by atoms with Crippen LogP contribution in [0.5, 0.6) is 0 Å². The van der Waals surface area contributed by atoms with Crippen molar-refractivity contribution in [3.8, 4) is 10.6 Å². The Kier molecular flexibility index (Phi) is 4.73. The van der Waals surface area contributed by atoms with Crippen molar-refractivity contribution < 1.29 is 14.3 Å². The van der Waals surface area contributed by atoms with Gasteiger partial charge in [-0.3, -0.25) is 4.79 Å². The van der Waals surface area contributed by atoms with Crippen molar-refractivity contribution in [2.75, 3.05) is 13.2 Å². The first-order chi connectivity index (χ1) is 11.1. The van der Waals surface area contributed by atoms with E-state index in [1.807, 2.05) is 6.92 Å². The van der Waals surface area contributed by atoms with Crippen LogP contribution in [0.1, 0.15) is 29.4 Å². The highest BCUT2D eigenvalue weighted by Crippen LogP contribution is 2.30. The van der Waals surface area contributed by atoms with Gasteiger partial charge in [0.15, 0.2) is 0 Å². The van der Waals surface area contributed by atoms with Crippen LogP contribution < -0.4 is 0 Å². The number of aromatic nitrogens is 1. The Bertz CT molecular complexity index is 703. The van der Waals surface area contributed by atoms with Crippen molar-refractivity contribution in [1.82, 2.24) is 9.88 Å². The van der Waals surface area contributed by atoms with Gasteiger partial charge >= 0.3 is 0 Å². The van der Waals surface area contributed by atoms with Crippen LogP contribution in [-0.2, 0) is 0 Å². The molecule has 6 heteroatoms. The van der Waals surface area contributed by atoms with E-state index < -0.39 is 0 Å². The lowest BCUT2D eigenvalue weighted by molar-refractivity contribution is 0.0493. The molecule has 1 aliphatic heterocycles. The molecule has 4 nitrogen and oxygen atoms in total. The number of aliphatic hydroxyl groups is 1. The minimum Gasteiger partial charge on any atom is -0.396 e. The summed E-state index contributed by atoms with van der Waals surface area (Å²) in [4.78, 5) is 19.2. The highest BCUT2D eigenvalue weighted by atomic mass is 32.1. The third-order valence-electron chi connectivity index (χ3n) is 4.32. The number of carbonyl (C=O) groups is 1. The molecule has 0 bridgehead atoms. The fraction of sp³-hybridized carbons (Fsp3) is 0.412. The summed E-state index contributed by atoms with van der Waals surface area (Å²) in [5.41, 5.74) is 0.413. The largest absolute Gasteiger partial charge is 0.396 e. The van der Waals surface area contributed by atoms with Gasteiger partial charge in [-0.25, -0.2) is 9.37 Å². The van der Waals surface area contributed by atoms with Gasteiger partial charge in [-0.15, -0.1) is 11.3 Å². The van der Waals surface area contributed by atoms with Gasteiger partial charge in [0.1, 0.15) is 15.7 Å². The molecule has 23 heavy (non-hydrogen) atoms. The summed E-state index contributed by atoms with van der Waals surface area (Å²) < 4.78 is 13.8. The number of aliphatic hydroxyl groups excluding tert-OH is 1. The lowest BCUT2D eigenvalue weighted by Crippen LogP contribution is -2.46. The van der Waals surface area contributed by atoms with Crippen molar-refractivity contribution in [3.63, 3.8) is 0 Å². The number of piperidine rings is 1. The van der Waals surface area contributed by atoms with Crippen molar-refractivity contribution in [3.05, 3.63) is 41.2 Å². The van der Waals surface area contributed by atoms with E-state index in [-0.39, 0.29) is 30.3 Å². The Hall–Kier alpha value is -1.79. The van der Waals surface area contributed by atoms with Crippen molar-refractivity contribution in [2.45, 2.75) is 25.8 Å². The van der Waals surface area contributed by atoms with Gasteiger partial charge in [0.25, 0.3) is 5.91 Å². The van der Waals surface area contributed by atoms with E-state index in [0.29, 0.717) is 22.0 Å². The number of benzene rings is 1. The molecule has 0 saturated carbocycles. The first kappa shape index (κ1) is 16.1. The molecule has 1 saturated heterocycles. The summed E-state index contributed by atoms with van der Waals surface area (Å²) in [5, 5.41) is 9.85. The van der Waals surface area contributed by atoms with Gasteiger partial charge in [-0.2, -0.15) is 0 Å². The molecule has 2 atom stereocenters. The fourth-order valence-corrected chi connectivity index (χ4v) is 3.79. The zero-order chi connectivity index (χ0) is 16.4. The van der Waals surface area contributed by atoms with Gasteiger partial charge < -0.3 is 10.0 Å². The van der Waals surface area contributed by atoms with E-state index in [0.717, 1.165) is 12.8 Å². The number of thiazole rings is 1. The summed E-state index contributed by atoms with van der Waals surface area (Å²) >= 11 is 1.21. The van der Waals surface area contributed by atoms with E-state index in [1.54, 1.807) is 23.1 Å². The van der Waals surface area contributed by atoms with E-state index in [9.17, 15) is 14.3 Å². The van der Waals surface area contributed by atoms with Gasteiger partial charge in [-0.05, 0) is 37.8 Å². The van der Waals surface area contributed by atoms with E-state index in [2.05, 4.69) is 4.98 Å². The predicted octanol–water partition coefficient (Wildman–Crippen LogP) is 3.18. The van der Waals surface area contributed by atoms with Crippen LogP contribution in [0.25, 0.3) is 10.6 Å². The second-order valence-corrected chi connectivity index (χ2v) is 6.97. The van der Waals surface area contributed by atoms with Crippen molar-refractivity contribution >= 4 is 17.2 Å². The average molecular weight is 334 g/mol. The number of nitrogens with zero attached hydrogens (tertiary/aromatic N) is 2. The lowest BCUT2D eigenvalue weighted by atomic mass is 9.94. The molecule has 1 fully saturated rings. The standard InChI is InChI=1S/C17H19FN2O2S/c1-11-6-7-12(10-21)9-20(11)17(22)15-8-19-16(23-15)13-4-2-3-5-14(13)18/h2-5,8,11-12,21H,6-7,9-10H2,1H3. The predicted molar refractivity (Wildman–Crippen MR) is 87.8 cm³/mol. The van der Waals surface area contributed by atoms with Gasteiger partial charge in [-0.1, -0.05) is 12.1 Å². The van der Waals surface area contributed by atoms with Crippen LogP contribution in [0.4, 0.5) is 4.39 Å². The molecule has 1 amide bonds. The molecular formula is C17H19FN2O2S. The quantitative estimate of drug-likeness (QED) is 0.938. The minimum atomic E-state index is -0.340. The molecule has 2 aromatic rings. The van der Waals surface area contributed by atoms with Crippen LogP contribution >= 0.6 is 11.3 Å². The number of amides is 1. The molecule has 1 aromatic heterocycles. The topological polar surface area (TPSA) is 53.4 Å². The lowest BCUT2D eigenvalue weighted by Gasteiger charge is -2.37. The van der Waals surface area contributed by atoms with Crippen LogP contribution in [0, 0.1) is 11.7 Å². The number of hydrogen-bond acceptors (Lipinski definition) is 4. The maximum atomic E-state index is 13.8. The third-order valence-corrected chi connectivity index (χ3v) is 5.34. The summed E-state index contributed by atoms with van der Waals surface area (Å²) in [6, 6.07) is 6.57. The van der Waals surface area contributed by atoms with Gasteiger partial charge in [0.2, 0.25) is 0 Å². The molecule has 122 valence electrons. The van der Waals surface area contributed by atoms with Crippen LogP contribution in [-0.4, -0.2) is 40.1 Å². The first-order valence-electron chi connectivity index (χ1n) is 7.72. The average Bonchev–Trinajstić information content (AvgIpc) is 3.05. The van der Waals surface area contributed by atoms with E-state index in [4.69, 9.17) is 0 Å². The Morgan fingerprint density at radius 2 is 2.22 bits per heavy atom. The second-order valence-electron chi connectivity index (χ2n) is 5.94. The summed E-state index contributed by atoms with van der Waals surface area (Å²) in [5.74, 6) is -0.294. The van der Waals surface area contributed by atoms with Crippen LogP contribution in [0.3, 0.4) is 0 Å². The molecule has 0 spiro atoms. The maximum Gasteiger partial charge on any atom is 0.265 e. The third kappa shape index (κ3) is 3.28. The second kappa shape index (κ2) is 6.76. The highest BCUT2D eigenvalue weighted by Gasteiger charge is 2.30. The Morgan fingerprint density at radius 3 is 2.96 bits per heavy atom. The molecule has 0 aliphatic carbocycles. The molecule has 3 rings (SSSR count). The zero-order valence-corrected chi connectivity index (χ0v) is 13.7. The highest BCUT2D eigenvalue weighted by molar-refractivity contribution is 7.16. The SMILES string of the molecule is CC1CCC(CO)CN1C(=O)c1cnc(-c2ccccc2F)s1. The Labute approximate surface area is 138 Å². The first-order valence-corrected chi connectivity index (χ1v) is 8.54. The van der Waals surface area contributed by atoms with Crippen molar-refractivity contribution in [2.24, 2.45) is 5.92 Å². The number of likely N-dealkylation sites (tertiary alicyclic amines) is 1. The Balaban J connectivity index is 1.82. The maximum absolute atomic E-state index is 13.8. The fourth-order valence-electron chi connectivity index (χ4n) is 2.89. The normalized spacial score (nSPS) is 21.4. The summed E-state index contributed by atoms with van der Waals surface area (Å²) in [6.45, 7) is 2.67. The molecule has 1 aromatic carbocycles. The molecule has 0 radical (unpaired) electrons. The number of hydrogen-bond donors (Lipinski definition) is 1. The van der Waals surface area contributed by atoms with Gasteiger partial charge in [0, 0.05) is 24.8 Å². The number of halogens is 1. The molecule has 1 aliphatic rings. The monoisotopic (exact) mass is 334 g/mol. The molecular weight excluding hydrogens is 315 g/mol. The minimum absolute atomic E-state index is 0.0873. The number of carbonyl (C=O) groups excluding carboxylic acids is 1. The van der Waals surface area contributed by atoms with E-state index in [1.165, 1.54) is 23.6 Å². The number of rotatable bonds is 3. The summed E-state index contributed by atoms with van der Waals surface area (Å²) in [6.07, 6.45) is 3.34.